The normalized spacial score (nSPS) is 17.3. The average molecular weight is 208 g/mol. The highest BCUT2D eigenvalue weighted by molar-refractivity contribution is 5.86. The number of hydrogen-bond donors (Lipinski definition) is 0. The minimum atomic E-state index is -0.493. The Labute approximate surface area is 88.1 Å². The summed E-state index contributed by atoms with van der Waals surface area (Å²) >= 11 is 0. The number of ether oxygens (including phenoxy) is 1. The Morgan fingerprint density at radius 1 is 1.47 bits per heavy atom. The van der Waals surface area contributed by atoms with Gasteiger partial charge in [0.2, 0.25) is 0 Å². The van der Waals surface area contributed by atoms with E-state index in [9.17, 15) is 9.18 Å². The smallest absolute Gasteiger partial charge is 0.316 e. The van der Waals surface area contributed by atoms with Gasteiger partial charge >= 0.3 is 5.97 Å². The van der Waals surface area contributed by atoms with Crippen LogP contribution in [0.4, 0.5) is 4.39 Å². The quantitative estimate of drug-likeness (QED) is 0.697. The summed E-state index contributed by atoms with van der Waals surface area (Å²) in [5.74, 6) is -0.451. The van der Waals surface area contributed by atoms with Gasteiger partial charge in [0, 0.05) is 0 Å². The highest BCUT2D eigenvalue weighted by Crippen LogP contribution is 2.49. The first kappa shape index (κ1) is 10.1. The van der Waals surface area contributed by atoms with E-state index in [0.29, 0.717) is 5.56 Å². The molecule has 2 rings (SSSR count). The predicted octanol–water partition coefficient (Wildman–Crippen LogP) is 2.34. The second kappa shape index (κ2) is 3.33. The van der Waals surface area contributed by atoms with E-state index in [2.05, 4.69) is 0 Å². The van der Waals surface area contributed by atoms with Crippen LogP contribution in [0.15, 0.2) is 18.2 Å². The Balaban J connectivity index is 2.38. The van der Waals surface area contributed by atoms with Gasteiger partial charge in [-0.25, -0.2) is 4.39 Å². The van der Waals surface area contributed by atoms with Gasteiger partial charge in [0.05, 0.1) is 12.5 Å². The molecule has 1 aliphatic carbocycles. The molecule has 80 valence electrons. The molecule has 3 heteroatoms. The molecule has 1 aliphatic rings. The summed E-state index contributed by atoms with van der Waals surface area (Å²) in [6, 6.07) is 4.82. The Morgan fingerprint density at radius 3 is 2.60 bits per heavy atom. The molecule has 0 unspecified atom stereocenters. The number of carbonyl (C=O) groups is 1. The van der Waals surface area contributed by atoms with Crippen molar-refractivity contribution in [2.45, 2.75) is 25.2 Å². The molecular weight excluding hydrogens is 195 g/mol. The minimum absolute atomic E-state index is 0.214. The van der Waals surface area contributed by atoms with Gasteiger partial charge in [0.15, 0.2) is 0 Å². The summed E-state index contributed by atoms with van der Waals surface area (Å²) in [7, 11) is 1.39. The van der Waals surface area contributed by atoms with Crippen molar-refractivity contribution in [3.05, 3.63) is 35.1 Å². The number of rotatable bonds is 2. The van der Waals surface area contributed by atoms with Gasteiger partial charge in [-0.1, -0.05) is 12.1 Å². The summed E-state index contributed by atoms with van der Waals surface area (Å²) in [4.78, 5) is 11.6. The van der Waals surface area contributed by atoms with Crippen LogP contribution in [0.1, 0.15) is 24.0 Å². The first-order valence-corrected chi connectivity index (χ1v) is 4.95. The number of hydrogen-bond acceptors (Lipinski definition) is 2. The second-order valence-electron chi connectivity index (χ2n) is 4.04. The summed E-state index contributed by atoms with van der Waals surface area (Å²) in [6.07, 6.45) is 1.59. The summed E-state index contributed by atoms with van der Waals surface area (Å²) in [6.45, 7) is 1.70. The van der Waals surface area contributed by atoms with Gasteiger partial charge in [0.1, 0.15) is 5.82 Å². The van der Waals surface area contributed by atoms with Gasteiger partial charge in [-0.05, 0) is 37.0 Å². The summed E-state index contributed by atoms with van der Waals surface area (Å²) in [5, 5.41) is 0. The van der Waals surface area contributed by atoms with E-state index < -0.39 is 5.41 Å². The van der Waals surface area contributed by atoms with Crippen LogP contribution >= 0.6 is 0 Å². The van der Waals surface area contributed by atoms with Crippen LogP contribution in [0.25, 0.3) is 0 Å². The highest BCUT2D eigenvalue weighted by Gasteiger charge is 2.52. The lowest BCUT2D eigenvalue weighted by Gasteiger charge is -2.13. The minimum Gasteiger partial charge on any atom is -0.468 e. The second-order valence-corrected chi connectivity index (χ2v) is 4.04. The van der Waals surface area contributed by atoms with Crippen molar-refractivity contribution in [3.8, 4) is 0 Å². The fraction of sp³-hybridized carbons (Fsp3) is 0.417. The largest absolute Gasteiger partial charge is 0.468 e. The van der Waals surface area contributed by atoms with Crippen LogP contribution in [0.3, 0.4) is 0 Å². The van der Waals surface area contributed by atoms with Gasteiger partial charge < -0.3 is 4.74 Å². The SMILES string of the molecule is COC(=O)C1(c2ccc(F)c(C)c2)CC1. The molecule has 0 N–H and O–H groups in total. The Hall–Kier alpha value is -1.38. The zero-order valence-corrected chi connectivity index (χ0v) is 8.84. The van der Waals surface area contributed by atoms with E-state index in [1.807, 2.05) is 0 Å². The molecule has 2 nitrogen and oxygen atoms in total. The predicted molar refractivity (Wildman–Crippen MR) is 54.1 cm³/mol. The molecule has 0 bridgehead atoms. The third kappa shape index (κ3) is 1.52. The third-order valence-electron chi connectivity index (χ3n) is 3.04. The molecule has 1 aromatic rings. The van der Waals surface area contributed by atoms with Crippen LogP contribution in [0.2, 0.25) is 0 Å². The average Bonchev–Trinajstić information content (AvgIpc) is 3.02. The lowest BCUT2D eigenvalue weighted by Crippen LogP contribution is -2.21. The van der Waals surface area contributed by atoms with Crippen molar-refractivity contribution in [3.63, 3.8) is 0 Å². The van der Waals surface area contributed by atoms with Crippen LogP contribution in [-0.4, -0.2) is 13.1 Å². The van der Waals surface area contributed by atoms with Crippen molar-refractivity contribution in [2.24, 2.45) is 0 Å². The molecule has 0 aromatic heterocycles. The maximum absolute atomic E-state index is 13.1. The highest BCUT2D eigenvalue weighted by atomic mass is 19.1. The fourth-order valence-electron chi connectivity index (χ4n) is 1.87. The number of methoxy groups -OCH3 is 1. The molecule has 0 heterocycles. The van der Waals surface area contributed by atoms with Crippen molar-refractivity contribution >= 4 is 5.97 Å². The lowest BCUT2D eigenvalue weighted by atomic mass is 9.94. The van der Waals surface area contributed by atoms with Crippen molar-refractivity contribution in [1.29, 1.82) is 0 Å². The number of carbonyl (C=O) groups excluding carboxylic acids is 1. The van der Waals surface area contributed by atoms with Crippen LogP contribution < -0.4 is 0 Å². The van der Waals surface area contributed by atoms with E-state index in [0.717, 1.165) is 18.4 Å². The van der Waals surface area contributed by atoms with Gasteiger partial charge in [-0.3, -0.25) is 4.79 Å². The number of aryl methyl sites for hydroxylation is 1. The molecule has 0 aliphatic heterocycles. The van der Waals surface area contributed by atoms with Crippen molar-refractivity contribution < 1.29 is 13.9 Å². The van der Waals surface area contributed by atoms with E-state index in [1.54, 1.807) is 19.1 Å². The molecule has 0 saturated heterocycles. The molecule has 0 atom stereocenters. The molecule has 0 spiro atoms. The monoisotopic (exact) mass is 208 g/mol. The molecule has 0 radical (unpaired) electrons. The van der Waals surface area contributed by atoms with Crippen LogP contribution in [-0.2, 0) is 14.9 Å². The topological polar surface area (TPSA) is 26.3 Å². The molecular formula is C12H13FO2. The van der Waals surface area contributed by atoms with Gasteiger partial charge in [0.25, 0.3) is 0 Å². The molecule has 1 aromatic carbocycles. The van der Waals surface area contributed by atoms with Gasteiger partial charge in [-0.15, -0.1) is 0 Å². The molecule has 1 fully saturated rings. The maximum Gasteiger partial charge on any atom is 0.316 e. The molecule has 15 heavy (non-hydrogen) atoms. The van der Waals surface area contributed by atoms with E-state index >= 15 is 0 Å². The van der Waals surface area contributed by atoms with E-state index in [1.165, 1.54) is 13.2 Å². The van der Waals surface area contributed by atoms with Crippen LogP contribution in [0.5, 0.6) is 0 Å². The van der Waals surface area contributed by atoms with Crippen molar-refractivity contribution in [2.75, 3.05) is 7.11 Å². The maximum atomic E-state index is 13.1. The zero-order valence-electron chi connectivity index (χ0n) is 8.84. The zero-order chi connectivity index (χ0) is 11.1. The molecule has 1 saturated carbocycles. The number of esters is 1. The summed E-state index contributed by atoms with van der Waals surface area (Å²) < 4.78 is 17.8. The fourth-order valence-corrected chi connectivity index (χ4v) is 1.87. The third-order valence-corrected chi connectivity index (χ3v) is 3.04. The van der Waals surface area contributed by atoms with E-state index in [-0.39, 0.29) is 11.8 Å². The van der Waals surface area contributed by atoms with E-state index in [4.69, 9.17) is 4.74 Å². The first-order chi connectivity index (χ1) is 7.10. The first-order valence-electron chi connectivity index (χ1n) is 4.95. The number of benzene rings is 1. The standard InChI is InChI=1S/C12H13FO2/c1-8-7-9(3-4-10(8)13)12(5-6-12)11(14)15-2/h3-4,7H,5-6H2,1-2H3. The Morgan fingerprint density at radius 2 is 2.13 bits per heavy atom. The molecule has 0 amide bonds. The van der Waals surface area contributed by atoms with Crippen molar-refractivity contribution in [1.82, 2.24) is 0 Å². The Kier molecular flexibility index (Phi) is 2.25. The Bertz CT molecular complexity index is 408. The van der Waals surface area contributed by atoms with Gasteiger partial charge in [-0.2, -0.15) is 0 Å². The van der Waals surface area contributed by atoms with Crippen LogP contribution in [0, 0.1) is 12.7 Å². The summed E-state index contributed by atoms with van der Waals surface area (Å²) in [5.41, 5.74) is 0.948. The lowest BCUT2D eigenvalue weighted by molar-refractivity contribution is -0.143. The number of halogens is 1.